The van der Waals surface area contributed by atoms with Crippen molar-refractivity contribution in [2.75, 3.05) is 0 Å². The fourth-order valence-corrected chi connectivity index (χ4v) is 1.53. The van der Waals surface area contributed by atoms with Crippen molar-refractivity contribution in [2.45, 2.75) is 38.8 Å². The number of hydrogen-bond acceptors (Lipinski definition) is 4. The smallest absolute Gasteiger partial charge is 0.174 e. The Kier molecular flexibility index (Phi) is 1.91. The van der Waals surface area contributed by atoms with Gasteiger partial charge in [0.25, 0.3) is 0 Å². The second kappa shape index (κ2) is 2.82. The normalized spacial score (nSPS) is 23.0. The topological polar surface area (TPSA) is 64.5 Å². The Labute approximate surface area is 88.8 Å². The lowest BCUT2D eigenvalue weighted by atomic mass is 9.84. The number of nitrogens with one attached hydrogen (secondary N) is 1. The maximum absolute atomic E-state index is 10.1. The average Bonchev–Trinajstić information content (AvgIpc) is 2.69. The summed E-state index contributed by atoms with van der Waals surface area (Å²) in [6.07, 6.45) is 3.23. The highest BCUT2D eigenvalue weighted by Gasteiger charge is 2.49. The molecule has 0 saturated carbocycles. The van der Waals surface area contributed by atoms with E-state index in [0.29, 0.717) is 5.84 Å². The predicted octanol–water partition coefficient (Wildman–Crippen LogP) is 1.42. The molecule has 1 aliphatic heterocycles. The molecule has 0 aliphatic carbocycles. The van der Waals surface area contributed by atoms with Crippen LogP contribution < -0.4 is 0 Å². The van der Waals surface area contributed by atoms with E-state index in [-0.39, 0.29) is 5.54 Å². The highest BCUT2D eigenvalue weighted by molar-refractivity contribution is 5.98. The Morgan fingerprint density at radius 3 is 2.40 bits per heavy atom. The summed E-state index contributed by atoms with van der Waals surface area (Å²) >= 11 is 0. The second-order valence-electron chi connectivity index (χ2n) is 4.83. The molecule has 1 aromatic heterocycles. The van der Waals surface area contributed by atoms with Gasteiger partial charge in [-0.3, -0.25) is 10.2 Å². The number of imidazole rings is 1. The third-order valence-corrected chi connectivity index (χ3v) is 3.35. The van der Waals surface area contributed by atoms with Crippen molar-refractivity contribution in [3.8, 4) is 0 Å². The van der Waals surface area contributed by atoms with E-state index in [1.165, 1.54) is 5.06 Å². The highest BCUT2D eigenvalue weighted by Crippen LogP contribution is 2.37. The molecule has 5 heteroatoms. The predicted molar refractivity (Wildman–Crippen MR) is 56.9 cm³/mol. The number of nitrogens with zero attached hydrogens (tertiary/aromatic N) is 3. The van der Waals surface area contributed by atoms with Gasteiger partial charge in [-0.25, -0.2) is 10.0 Å². The number of aromatic amines is 1. The lowest BCUT2D eigenvalue weighted by Gasteiger charge is -2.36. The van der Waals surface area contributed by atoms with Gasteiger partial charge in [-0.2, -0.15) is 0 Å². The lowest BCUT2D eigenvalue weighted by molar-refractivity contribution is -0.0993. The minimum absolute atomic E-state index is 0.331. The summed E-state index contributed by atoms with van der Waals surface area (Å²) in [5.74, 6) is 0.544. The van der Waals surface area contributed by atoms with E-state index in [0.717, 1.165) is 5.69 Å². The van der Waals surface area contributed by atoms with E-state index in [1.807, 2.05) is 27.7 Å². The van der Waals surface area contributed by atoms with E-state index in [4.69, 9.17) is 0 Å². The summed E-state index contributed by atoms with van der Waals surface area (Å²) in [6.45, 7) is 7.92. The minimum Gasteiger partial charge on any atom is -0.342 e. The van der Waals surface area contributed by atoms with E-state index in [2.05, 4.69) is 15.0 Å². The molecule has 1 aromatic rings. The molecule has 5 nitrogen and oxygen atoms in total. The number of hydrogen-bond donors (Lipinski definition) is 2. The summed E-state index contributed by atoms with van der Waals surface area (Å²) < 4.78 is 0. The molecule has 15 heavy (non-hydrogen) atoms. The van der Waals surface area contributed by atoms with Crippen molar-refractivity contribution in [2.24, 2.45) is 4.99 Å². The molecule has 0 unspecified atom stereocenters. The molecule has 0 radical (unpaired) electrons. The van der Waals surface area contributed by atoms with Crippen molar-refractivity contribution in [1.29, 1.82) is 0 Å². The summed E-state index contributed by atoms with van der Waals surface area (Å²) in [5.41, 5.74) is -0.0218. The van der Waals surface area contributed by atoms with Crippen molar-refractivity contribution >= 4 is 5.84 Å². The molecule has 0 atom stereocenters. The van der Waals surface area contributed by atoms with Crippen LogP contribution in [-0.4, -0.2) is 37.2 Å². The van der Waals surface area contributed by atoms with E-state index in [1.54, 1.807) is 12.5 Å². The van der Waals surface area contributed by atoms with Crippen LogP contribution in [0.5, 0.6) is 0 Å². The molecule has 0 saturated heterocycles. The van der Waals surface area contributed by atoms with Crippen LogP contribution in [0.3, 0.4) is 0 Å². The number of H-pyrrole nitrogens is 1. The first-order valence-corrected chi connectivity index (χ1v) is 4.94. The maximum atomic E-state index is 10.1. The number of aliphatic imine (C=N–C) groups is 1. The SMILES string of the molecule is CC1(C)N=C(c2cnc[nH]2)N(O)C1(C)C. The van der Waals surface area contributed by atoms with Gasteiger partial charge >= 0.3 is 0 Å². The van der Waals surface area contributed by atoms with E-state index in [9.17, 15) is 5.21 Å². The zero-order chi connectivity index (χ0) is 11.3. The Bertz CT molecular complexity index is 392. The Hall–Kier alpha value is -1.36. The summed E-state index contributed by atoms with van der Waals surface area (Å²) in [5, 5.41) is 11.3. The molecule has 0 aromatic carbocycles. The molecule has 0 bridgehead atoms. The van der Waals surface area contributed by atoms with Crippen LogP contribution in [-0.2, 0) is 0 Å². The van der Waals surface area contributed by atoms with Crippen LogP contribution in [0.2, 0.25) is 0 Å². The fourth-order valence-electron chi connectivity index (χ4n) is 1.53. The molecule has 2 N–H and O–H groups in total. The lowest BCUT2D eigenvalue weighted by Crippen LogP contribution is -2.51. The third kappa shape index (κ3) is 1.26. The Balaban J connectivity index is 2.46. The number of hydroxylamine groups is 2. The van der Waals surface area contributed by atoms with Crippen LogP contribution >= 0.6 is 0 Å². The standard InChI is InChI=1S/C10H16N4O/c1-9(2)10(3,4)14(15)8(13-9)7-5-11-6-12-7/h5-6,15H,1-4H3,(H,11,12). The number of aromatic nitrogens is 2. The zero-order valence-corrected chi connectivity index (χ0v) is 9.44. The first-order chi connectivity index (χ1) is 6.86. The zero-order valence-electron chi connectivity index (χ0n) is 9.44. The summed E-state index contributed by atoms with van der Waals surface area (Å²) in [6, 6.07) is 0. The Morgan fingerprint density at radius 2 is 2.00 bits per heavy atom. The number of amidine groups is 1. The van der Waals surface area contributed by atoms with Crippen LogP contribution in [0.25, 0.3) is 0 Å². The summed E-state index contributed by atoms with van der Waals surface area (Å²) in [7, 11) is 0. The monoisotopic (exact) mass is 208 g/mol. The highest BCUT2D eigenvalue weighted by atomic mass is 16.5. The van der Waals surface area contributed by atoms with Crippen LogP contribution in [0, 0.1) is 0 Å². The van der Waals surface area contributed by atoms with Crippen molar-refractivity contribution in [3.63, 3.8) is 0 Å². The third-order valence-electron chi connectivity index (χ3n) is 3.35. The Morgan fingerprint density at radius 1 is 1.33 bits per heavy atom. The maximum Gasteiger partial charge on any atom is 0.174 e. The largest absolute Gasteiger partial charge is 0.342 e. The van der Waals surface area contributed by atoms with Gasteiger partial charge in [0.15, 0.2) is 5.84 Å². The quantitative estimate of drug-likeness (QED) is 0.733. The van der Waals surface area contributed by atoms with Crippen molar-refractivity contribution in [3.05, 3.63) is 18.2 Å². The first-order valence-electron chi connectivity index (χ1n) is 4.94. The average molecular weight is 208 g/mol. The minimum atomic E-state index is -0.423. The molecular formula is C10H16N4O. The van der Waals surface area contributed by atoms with Gasteiger partial charge in [0.05, 0.1) is 23.6 Å². The molecule has 0 amide bonds. The van der Waals surface area contributed by atoms with Gasteiger partial charge in [0.1, 0.15) is 5.69 Å². The molecule has 0 spiro atoms. The second-order valence-corrected chi connectivity index (χ2v) is 4.83. The van der Waals surface area contributed by atoms with Crippen LogP contribution in [0.4, 0.5) is 0 Å². The van der Waals surface area contributed by atoms with Gasteiger partial charge in [0.2, 0.25) is 0 Å². The van der Waals surface area contributed by atoms with Gasteiger partial charge in [-0.15, -0.1) is 0 Å². The van der Waals surface area contributed by atoms with Crippen molar-refractivity contribution in [1.82, 2.24) is 15.0 Å². The summed E-state index contributed by atoms with van der Waals surface area (Å²) in [4.78, 5) is 11.4. The molecule has 2 rings (SSSR count). The molecule has 1 aliphatic rings. The molecule has 2 heterocycles. The van der Waals surface area contributed by atoms with Crippen molar-refractivity contribution < 1.29 is 5.21 Å². The molecular weight excluding hydrogens is 192 g/mol. The van der Waals surface area contributed by atoms with E-state index >= 15 is 0 Å². The molecule has 82 valence electrons. The van der Waals surface area contributed by atoms with E-state index < -0.39 is 5.54 Å². The van der Waals surface area contributed by atoms with Gasteiger partial charge in [-0.05, 0) is 27.7 Å². The fraction of sp³-hybridized carbons (Fsp3) is 0.600. The van der Waals surface area contributed by atoms with Gasteiger partial charge < -0.3 is 4.98 Å². The van der Waals surface area contributed by atoms with Crippen LogP contribution in [0.15, 0.2) is 17.5 Å². The van der Waals surface area contributed by atoms with Gasteiger partial charge in [-0.1, -0.05) is 0 Å². The molecule has 0 fully saturated rings. The van der Waals surface area contributed by atoms with Crippen LogP contribution in [0.1, 0.15) is 33.4 Å². The first kappa shape index (κ1) is 10.2. The number of rotatable bonds is 1. The van der Waals surface area contributed by atoms with Gasteiger partial charge in [0, 0.05) is 0 Å².